The Morgan fingerprint density at radius 1 is 0.875 bits per heavy atom. The highest BCUT2D eigenvalue weighted by atomic mass is 16.4. The van der Waals surface area contributed by atoms with E-state index >= 15 is 0 Å². The molecule has 0 unspecified atom stereocenters. The Balaban J connectivity index is 1.82. The number of carboxylic acids is 1. The van der Waals surface area contributed by atoms with Crippen LogP contribution in [-0.4, -0.2) is 35.6 Å². The minimum atomic E-state index is -0.753. The SMILES string of the molecule is O=C(O)CCNCCCN(Cc1ccccc1)Cc1ccccc1. The number of carboxylic acid groups (broad SMARTS) is 1. The van der Waals surface area contributed by atoms with Crippen LogP contribution in [0.4, 0.5) is 0 Å². The van der Waals surface area contributed by atoms with Gasteiger partial charge in [-0.15, -0.1) is 0 Å². The number of hydrogen-bond donors (Lipinski definition) is 2. The van der Waals surface area contributed by atoms with E-state index in [2.05, 4.69) is 58.7 Å². The molecule has 0 amide bonds. The molecule has 0 fully saturated rings. The molecule has 4 heteroatoms. The maximum atomic E-state index is 10.5. The van der Waals surface area contributed by atoms with E-state index in [-0.39, 0.29) is 6.42 Å². The van der Waals surface area contributed by atoms with Gasteiger partial charge in [0.25, 0.3) is 0 Å². The number of carbonyl (C=O) groups is 1. The Morgan fingerprint density at radius 2 is 1.42 bits per heavy atom. The van der Waals surface area contributed by atoms with Crippen LogP contribution in [0, 0.1) is 0 Å². The molecule has 0 saturated carbocycles. The molecule has 0 aromatic heterocycles. The Bertz CT molecular complexity index is 546. The summed E-state index contributed by atoms with van der Waals surface area (Å²) in [6.07, 6.45) is 1.18. The normalized spacial score (nSPS) is 10.9. The molecule has 0 aliphatic carbocycles. The lowest BCUT2D eigenvalue weighted by atomic mass is 10.1. The topological polar surface area (TPSA) is 52.6 Å². The number of benzene rings is 2. The molecule has 0 saturated heterocycles. The van der Waals surface area contributed by atoms with Gasteiger partial charge < -0.3 is 10.4 Å². The fourth-order valence-electron chi connectivity index (χ4n) is 2.65. The first-order valence-corrected chi connectivity index (χ1v) is 8.47. The standard InChI is InChI=1S/C20H26N2O2/c23-20(24)12-14-21-13-7-15-22(16-18-8-3-1-4-9-18)17-19-10-5-2-6-11-19/h1-6,8-11,21H,7,12-17H2,(H,23,24). The molecule has 4 nitrogen and oxygen atoms in total. The van der Waals surface area contributed by atoms with Gasteiger partial charge in [-0.1, -0.05) is 60.7 Å². The zero-order chi connectivity index (χ0) is 17.0. The summed E-state index contributed by atoms with van der Waals surface area (Å²) in [7, 11) is 0. The van der Waals surface area contributed by atoms with Crippen LogP contribution in [0.15, 0.2) is 60.7 Å². The largest absolute Gasteiger partial charge is 0.481 e. The molecule has 0 radical (unpaired) electrons. The van der Waals surface area contributed by atoms with Gasteiger partial charge in [-0.25, -0.2) is 0 Å². The molecule has 0 heterocycles. The lowest BCUT2D eigenvalue weighted by molar-refractivity contribution is -0.136. The zero-order valence-corrected chi connectivity index (χ0v) is 14.0. The Kier molecular flexibility index (Phi) is 8.01. The van der Waals surface area contributed by atoms with Crippen molar-refractivity contribution in [2.24, 2.45) is 0 Å². The van der Waals surface area contributed by atoms with E-state index in [0.717, 1.165) is 32.6 Å². The van der Waals surface area contributed by atoms with Crippen LogP contribution in [-0.2, 0) is 17.9 Å². The van der Waals surface area contributed by atoms with E-state index in [1.165, 1.54) is 11.1 Å². The average molecular weight is 326 g/mol. The van der Waals surface area contributed by atoms with Crippen molar-refractivity contribution in [3.63, 3.8) is 0 Å². The van der Waals surface area contributed by atoms with Crippen molar-refractivity contribution < 1.29 is 9.90 Å². The molecular weight excluding hydrogens is 300 g/mol. The molecule has 128 valence electrons. The van der Waals surface area contributed by atoms with E-state index in [4.69, 9.17) is 5.11 Å². The molecule has 0 atom stereocenters. The maximum Gasteiger partial charge on any atom is 0.304 e. The minimum Gasteiger partial charge on any atom is -0.481 e. The summed E-state index contributed by atoms with van der Waals surface area (Å²) in [5, 5.41) is 11.8. The second-order valence-electron chi connectivity index (χ2n) is 5.93. The fourth-order valence-corrected chi connectivity index (χ4v) is 2.65. The average Bonchev–Trinajstić information content (AvgIpc) is 2.59. The summed E-state index contributed by atoms with van der Waals surface area (Å²) >= 11 is 0. The van der Waals surface area contributed by atoms with Crippen LogP contribution < -0.4 is 5.32 Å². The van der Waals surface area contributed by atoms with Gasteiger partial charge in [-0.3, -0.25) is 9.69 Å². The third-order valence-corrected chi connectivity index (χ3v) is 3.84. The summed E-state index contributed by atoms with van der Waals surface area (Å²) in [4.78, 5) is 12.9. The van der Waals surface area contributed by atoms with Crippen molar-refractivity contribution in [3.8, 4) is 0 Å². The van der Waals surface area contributed by atoms with Crippen LogP contribution in [0.25, 0.3) is 0 Å². The van der Waals surface area contributed by atoms with Crippen LogP contribution in [0.3, 0.4) is 0 Å². The summed E-state index contributed by atoms with van der Waals surface area (Å²) < 4.78 is 0. The van der Waals surface area contributed by atoms with Crippen LogP contribution in [0.2, 0.25) is 0 Å². The molecule has 24 heavy (non-hydrogen) atoms. The number of hydrogen-bond acceptors (Lipinski definition) is 3. The third-order valence-electron chi connectivity index (χ3n) is 3.84. The molecule has 2 N–H and O–H groups in total. The molecule has 2 aromatic rings. The Morgan fingerprint density at radius 3 is 1.92 bits per heavy atom. The second-order valence-corrected chi connectivity index (χ2v) is 5.93. The summed E-state index contributed by atoms with van der Waals surface area (Å²) in [5.74, 6) is -0.753. The fraction of sp³-hybridized carbons (Fsp3) is 0.350. The van der Waals surface area contributed by atoms with E-state index in [0.29, 0.717) is 6.54 Å². The lowest BCUT2D eigenvalue weighted by Crippen LogP contribution is -2.27. The van der Waals surface area contributed by atoms with Gasteiger partial charge in [0.15, 0.2) is 0 Å². The molecule has 2 rings (SSSR count). The predicted octanol–water partition coefficient (Wildman–Crippen LogP) is 3.14. The van der Waals surface area contributed by atoms with Gasteiger partial charge in [0.1, 0.15) is 0 Å². The first kappa shape index (κ1) is 18.2. The third kappa shape index (κ3) is 7.40. The van der Waals surface area contributed by atoms with Crippen molar-refractivity contribution in [1.29, 1.82) is 0 Å². The maximum absolute atomic E-state index is 10.5. The molecular formula is C20H26N2O2. The van der Waals surface area contributed by atoms with Crippen molar-refractivity contribution in [2.45, 2.75) is 25.9 Å². The monoisotopic (exact) mass is 326 g/mol. The summed E-state index contributed by atoms with van der Waals surface area (Å²) in [6.45, 7) is 4.19. The van der Waals surface area contributed by atoms with Crippen LogP contribution in [0.5, 0.6) is 0 Å². The van der Waals surface area contributed by atoms with Gasteiger partial charge in [-0.05, 0) is 24.1 Å². The van der Waals surface area contributed by atoms with Gasteiger partial charge in [0.05, 0.1) is 6.42 Å². The van der Waals surface area contributed by atoms with Crippen molar-refractivity contribution in [1.82, 2.24) is 10.2 Å². The van der Waals surface area contributed by atoms with E-state index < -0.39 is 5.97 Å². The molecule has 0 spiro atoms. The van der Waals surface area contributed by atoms with E-state index in [9.17, 15) is 4.79 Å². The van der Waals surface area contributed by atoms with Gasteiger partial charge >= 0.3 is 5.97 Å². The second kappa shape index (κ2) is 10.6. The quantitative estimate of drug-likeness (QED) is 0.623. The number of nitrogens with one attached hydrogen (secondary N) is 1. The highest BCUT2D eigenvalue weighted by molar-refractivity contribution is 5.66. The molecule has 2 aromatic carbocycles. The minimum absolute atomic E-state index is 0.178. The van der Waals surface area contributed by atoms with Crippen LogP contribution in [0.1, 0.15) is 24.0 Å². The number of rotatable bonds is 11. The van der Waals surface area contributed by atoms with Gasteiger partial charge in [0, 0.05) is 26.2 Å². The first-order valence-electron chi connectivity index (χ1n) is 8.47. The molecule has 0 aliphatic rings. The lowest BCUT2D eigenvalue weighted by Gasteiger charge is -2.22. The van der Waals surface area contributed by atoms with Crippen molar-refractivity contribution in [2.75, 3.05) is 19.6 Å². The van der Waals surface area contributed by atoms with Gasteiger partial charge in [-0.2, -0.15) is 0 Å². The summed E-state index contributed by atoms with van der Waals surface area (Å²) in [5.41, 5.74) is 2.62. The van der Waals surface area contributed by atoms with Crippen molar-refractivity contribution >= 4 is 5.97 Å². The Hall–Kier alpha value is -2.17. The van der Waals surface area contributed by atoms with Crippen molar-refractivity contribution in [3.05, 3.63) is 71.8 Å². The number of nitrogens with zero attached hydrogens (tertiary/aromatic N) is 1. The Labute approximate surface area is 144 Å². The highest BCUT2D eigenvalue weighted by Crippen LogP contribution is 2.10. The highest BCUT2D eigenvalue weighted by Gasteiger charge is 2.07. The smallest absolute Gasteiger partial charge is 0.304 e. The van der Waals surface area contributed by atoms with Gasteiger partial charge in [0.2, 0.25) is 0 Å². The first-order chi connectivity index (χ1) is 11.7. The van der Waals surface area contributed by atoms with E-state index in [1.54, 1.807) is 0 Å². The molecule has 0 bridgehead atoms. The predicted molar refractivity (Wildman–Crippen MR) is 96.7 cm³/mol. The summed E-state index contributed by atoms with van der Waals surface area (Å²) in [6, 6.07) is 21.0. The van der Waals surface area contributed by atoms with E-state index in [1.807, 2.05) is 12.1 Å². The number of aliphatic carboxylic acids is 1. The molecule has 0 aliphatic heterocycles. The zero-order valence-electron chi connectivity index (χ0n) is 14.0. The van der Waals surface area contributed by atoms with Crippen LogP contribution >= 0.6 is 0 Å².